The molecule has 0 fully saturated rings. The van der Waals surface area contributed by atoms with Crippen LogP contribution in [0, 0.1) is 5.92 Å². The third kappa shape index (κ3) is 5.08. The first kappa shape index (κ1) is 20.0. The van der Waals surface area contributed by atoms with Crippen molar-refractivity contribution in [2.45, 2.75) is 33.1 Å². The first-order valence-corrected chi connectivity index (χ1v) is 8.75. The zero-order valence-corrected chi connectivity index (χ0v) is 16.4. The number of hydrogen-bond donors (Lipinski definition) is 1. The fraction of sp³-hybridized carbons (Fsp3) is 0.421. The molecule has 0 aliphatic carbocycles. The summed E-state index contributed by atoms with van der Waals surface area (Å²) in [5.41, 5.74) is 0.336. The Kier molecular flexibility index (Phi) is 6.08. The van der Waals surface area contributed by atoms with Crippen LogP contribution in [-0.2, 0) is 10.2 Å². The van der Waals surface area contributed by atoms with E-state index < -0.39 is 5.92 Å². The second kappa shape index (κ2) is 7.91. The van der Waals surface area contributed by atoms with Crippen molar-refractivity contribution in [3.05, 3.63) is 46.7 Å². The van der Waals surface area contributed by atoms with E-state index in [2.05, 4.69) is 10.5 Å². The molecule has 2 amide bonds. The van der Waals surface area contributed by atoms with E-state index in [1.165, 1.54) is 4.90 Å². The molecule has 0 saturated heterocycles. The predicted octanol–water partition coefficient (Wildman–Crippen LogP) is 3.97. The number of carbonyl (C=O) groups excluding carboxylic acids is 2. The summed E-state index contributed by atoms with van der Waals surface area (Å²) in [5, 5.41) is 7.17. The lowest BCUT2D eigenvalue weighted by Crippen LogP contribution is -2.35. The first-order chi connectivity index (χ1) is 12.1. The molecule has 0 saturated carbocycles. The van der Waals surface area contributed by atoms with Crippen molar-refractivity contribution in [3.63, 3.8) is 0 Å². The Hall–Kier alpha value is -2.34. The van der Waals surface area contributed by atoms with Gasteiger partial charge in [0, 0.05) is 35.7 Å². The summed E-state index contributed by atoms with van der Waals surface area (Å²) in [6.07, 6.45) is 0. The Balaban J connectivity index is 1.94. The Bertz CT molecular complexity index is 778. The molecule has 0 aliphatic heterocycles. The maximum absolute atomic E-state index is 12.4. The maximum atomic E-state index is 12.4. The van der Waals surface area contributed by atoms with Gasteiger partial charge in [-0.1, -0.05) is 44.5 Å². The van der Waals surface area contributed by atoms with Gasteiger partial charge in [0.05, 0.1) is 5.92 Å². The second-order valence-electron chi connectivity index (χ2n) is 7.41. The van der Waals surface area contributed by atoms with Crippen LogP contribution in [0.5, 0.6) is 0 Å². The van der Waals surface area contributed by atoms with Crippen molar-refractivity contribution < 1.29 is 14.1 Å². The van der Waals surface area contributed by atoms with E-state index in [0.29, 0.717) is 22.2 Å². The van der Waals surface area contributed by atoms with Gasteiger partial charge < -0.3 is 14.7 Å². The van der Waals surface area contributed by atoms with E-state index >= 15 is 0 Å². The van der Waals surface area contributed by atoms with Crippen molar-refractivity contribution in [2.75, 3.05) is 18.9 Å². The van der Waals surface area contributed by atoms with Crippen molar-refractivity contribution in [2.24, 2.45) is 5.92 Å². The Morgan fingerprint density at radius 1 is 1.27 bits per heavy atom. The zero-order valence-electron chi connectivity index (χ0n) is 15.7. The fourth-order valence-corrected chi connectivity index (χ4v) is 2.45. The molecular formula is C19H24ClN3O3. The number of hydrogen-bond acceptors (Lipinski definition) is 4. The Morgan fingerprint density at radius 3 is 2.42 bits per heavy atom. The van der Waals surface area contributed by atoms with Crippen LogP contribution in [0.4, 0.5) is 5.82 Å². The van der Waals surface area contributed by atoms with Crippen molar-refractivity contribution in [3.8, 4) is 0 Å². The first-order valence-electron chi connectivity index (χ1n) is 8.37. The minimum Gasteiger partial charge on any atom is -0.359 e. The highest BCUT2D eigenvalue weighted by Gasteiger charge is 2.23. The highest BCUT2D eigenvalue weighted by molar-refractivity contribution is 6.30. The molecule has 1 unspecified atom stereocenters. The lowest BCUT2D eigenvalue weighted by Gasteiger charge is -2.21. The van der Waals surface area contributed by atoms with Gasteiger partial charge in [-0.25, -0.2) is 0 Å². The summed E-state index contributed by atoms with van der Waals surface area (Å²) in [6.45, 7) is 8.03. The van der Waals surface area contributed by atoms with Crippen molar-refractivity contribution >= 4 is 29.2 Å². The highest BCUT2D eigenvalue weighted by Crippen LogP contribution is 2.24. The van der Waals surface area contributed by atoms with Crippen LogP contribution in [0.3, 0.4) is 0 Å². The van der Waals surface area contributed by atoms with Gasteiger partial charge in [-0.05, 0) is 24.3 Å². The van der Waals surface area contributed by atoms with Gasteiger partial charge in [0.15, 0.2) is 5.82 Å². The Morgan fingerprint density at radius 2 is 1.88 bits per heavy atom. The molecule has 1 aromatic carbocycles. The van der Waals surface area contributed by atoms with Gasteiger partial charge in [0.25, 0.3) is 5.91 Å². The molecule has 2 rings (SSSR count). The van der Waals surface area contributed by atoms with Gasteiger partial charge in [0.1, 0.15) is 5.76 Å². The molecule has 1 atom stereocenters. The second-order valence-corrected chi connectivity index (χ2v) is 7.85. The number of amides is 2. The standard InChI is InChI=1S/C19H24ClN3O3/c1-12(11-23(5)18(25)13-6-8-14(20)9-7-13)17(24)21-16-10-15(26-22-16)19(2,3)4/h6-10,12H,11H2,1-5H3,(H,21,22,24). The summed E-state index contributed by atoms with van der Waals surface area (Å²) in [4.78, 5) is 26.3. The summed E-state index contributed by atoms with van der Waals surface area (Å²) in [7, 11) is 1.66. The number of benzene rings is 1. The molecule has 0 aliphatic rings. The van der Waals surface area contributed by atoms with Crippen LogP contribution >= 0.6 is 11.6 Å². The van der Waals surface area contributed by atoms with Gasteiger partial charge >= 0.3 is 0 Å². The van der Waals surface area contributed by atoms with Crippen LogP contribution in [0.1, 0.15) is 43.8 Å². The number of carbonyl (C=O) groups is 2. The van der Waals surface area contributed by atoms with Crippen LogP contribution in [-0.4, -0.2) is 35.5 Å². The van der Waals surface area contributed by atoms with E-state index in [0.717, 1.165) is 0 Å². The molecule has 0 spiro atoms. The average Bonchev–Trinajstić information content (AvgIpc) is 3.03. The van der Waals surface area contributed by atoms with Gasteiger partial charge in [-0.2, -0.15) is 0 Å². The zero-order chi connectivity index (χ0) is 19.5. The minimum absolute atomic E-state index is 0.169. The van der Waals surface area contributed by atoms with Crippen LogP contribution in [0.2, 0.25) is 5.02 Å². The van der Waals surface area contributed by atoms with Gasteiger partial charge in [0.2, 0.25) is 5.91 Å². The van der Waals surface area contributed by atoms with Crippen LogP contribution in [0.15, 0.2) is 34.9 Å². The third-order valence-electron chi connectivity index (χ3n) is 3.93. The number of aromatic nitrogens is 1. The van der Waals surface area contributed by atoms with E-state index in [4.69, 9.17) is 16.1 Å². The predicted molar refractivity (Wildman–Crippen MR) is 101 cm³/mol. The van der Waals surface area contributed by atoms with E-state index in [1.54, 1.807) is 44.3 Å². The fourth-order valence-electron chi connectivity index (χ4n) is 2.33. The largest absolute Gasteiger partial charge is 0.359 e. The van der Waals surface area contributed by atoms with Crippen molar-refractivity contribution in [1.82, 2.24) is 10.1 Å². The van der Waals surface area contributed by atoms with Gasteiger partial charge in [-0.3, -0.25) is 9.59 Å². The molecule has 1 aromatic heterocycles. The van der Waals surface area contributed by atoms with Crippen molar-refractivity contribution in [1.29, 1.82) is 0 Å². The SMILES string of the molecule is CC(CN(C)C(=O)c1ccc(Cl)cc1)C(=O)Nc1cc(C(C)(C)C)on1. The molecule has 0 radical (unpaired) electrons. The summed E-state index contributed by atoms with van der Waals surface area (Å²) in [6, 6.07) is 8.37. The molecule has 2 aromatic rings. The average molecular weight is 378 g/mol. The third-order valence-corrected chi connectivity index (χ3v) is 4.19. The Labute approximate surface area is 158 Å². The summed E-state index contributed by atoms with van der Waals surface area (Å²) < 4.78 is 5.26. The summed E-state index contributed by atoms with van der Waals surface area (Å²) in [5.74, 6) is 0.257. The minimum atomic E-state index is -0.411. The van der Waals surface area contributed by atoms with E-state index in [9.17, 15) is 9.59 Å². The molecule has 1 N–H and O–H groups in total. The molecule has 0 bridgehead atoms. The monoisotopic (exact) mass is 377 g/mol. The molecular weight excluding hydrogens is 354 g/mol. The van der Waals surface area contributed by atoms with Crippen LogP contribution < -0.4 is 5.32 Å². The number of nitrogens with zero attached hydrogens (tertiary/aromatic N) is 2. The highest BCUT2D eigenvalue weighted by atomic mass is 35.5. The molecule has 1 heterocycles. The maximum Gasteiger partial charge on any atom is 0.253 e. The van der Waals surface area contributed by atoms with Gasteiger partial charge in [-0.15, -0.1) is 0 Å². The lowest BCUT2D eigenvalue weighted by molar-refractivity contribution is -0.119. The topological polar surface area (TPSA) is 75.4 Å². The van der Waals surface area contributed by atoms with E-state index in [-0.39, 0.29) is 23.8 Å². The number of halogens is 1. The molecule has 26 heavy (non-hydrogen) atoms. The molecule has 140 valence electrons. The normalized spacial score (nSPS) is 12.5. The summed E-state index contributed by atoms with van der Waals surface area (Å²) >= 11 is 5.84. The number of rotatable bonds is 5. The molecule has 6 nitrogen and oxygen atoms in total. The smallest absolute Gasteiger partial charge is 0.253 e. The quantitative estimate of drug-likeness (QED) is 0.855. The number of nitrogens with one attached hydrogen (secondary N) is 1. The van der Waals surface area contributed by atoms with Crippen LogP contribution in [0.25, 0.3) is 0 Å². The van der Waals surface area contributed by atoms with E-state index in [1.807, 2.05) is 20.8 Å². The number of anilines is 1. The lowest BCUT2D eigenvalue weighted by atomic mass is 9.93. The molecule has 7 heteroatoms.